The van der Waals surface area contributed by atoms with Gasteiger partial charge in [-0.15, -0.1) is 6.58 Å². The summed E-state index contributed by atoms with van der Waals surface area (Å²) in [6.07, 6.45) is 10.6. The summed E-state index contributed by atoms with van der Waals surface area (Å²) in [6, 6.07) is 6.88. The van der Waals surface area contributed by atoms with Gasteiger partial charge in [0.1, 0.15) is 5.75 Å². The molecule has 28 heavy (non-hydrogen) atoms. The van der Waals surface area contributed by atoms with E-state index in [-0.39, 0.29) is 6.09 Å². The molecule has 0 heterocycles. The van der Waals surface area contributed by atoms with Crippen LogP contribution in [-0.2, 0) is 0 Å². The minimum Gasteiger partial charge on any atom is -0.410 e. The predicted octanol–water partition coefficient (Wildman–Crippen LogP) is 5.87. The zero-order valence-corrected chi connectivity index (χ0v) is 18.2. The van der Waals surface area contributed by atoms with E-state index in [4.69, 9.17) is 16.3 Å². The van der Waals surface area contributed by atoms with Gasteiger partial charge < -0.3 is 14.5 Å². The highest BCUT2D eigenvalue weighted by Crippen LogP contribution is 2.32. The van der Waals surface area contributed by atoms with Crippen LogP contribution in [0.15, 0.2) is 36.9 Å². The van der Waals surface area contributed by atoms with Crippen LogP contribution < -0.4 is 4.74 Å². The molecular weight excluding hydrogens is 372 g/mol. The molecule has 1 aliphatic carbocycles. The highest BCUT2D eigenvalue weighted by molar-refractivity contribution is 6.30. The number of hydrogen-bond acceptors (Lipinski definition) is 3. The Morgan fingerprint density at radius 3 is 2.43 bits per heavy atom. The minimum atomic E-state index is -0.298. The van der Waals surface area contributed by atoms with Crippen molar-refractivity contribution in [1.82, 2.24) is 9.80 Å². The van der Waals surface area contributed by atoms with Crippen LogP contribution in [0, 0.1) is 11.8 Å². The topological polar surface area (TPSA) is 32.8 Å². The van der Waals surface area contributed by atoms with Gasteiger partial charge in [-0.1, -0.05) is 43.4 Å². The first-order valence-corrected chi connectivity index (χ1v) is 10.8. The molecule has 1 aliphatic rings. The molecule has 0 spiro atoms. The van der Waals surface area contributed by atoms with E-state index in [0.29, 0.717) is 16.7 Å². The average Bonchev–Trinajstić information content (AvgIpc) is 2.68. The Bertz CT molecular complexity index is 597. The lowest BCUT2D eigenvalue weighted by molar-refractivity contribution is 0.144. The third-order valence-electron chi connectivity index (χ3n) is 5.67. The molecule has 0 aliphatic heterocycles. The Morgan fingerprint density at radius 1 is 1.14 bits per heavy atom. The van der Waals surface area contributed by atoms with Crippen LogP contribution in [0.1, 0.15) is 44.9 Å². The summed E-state index contributed by atoms with van der Waals surface area (Å²) in [5.41, 5.74) is 0. The minimum absolute atomic E-state index is 0.298. The zero-order valence-electron chi connectivity index (χ0n) is 17.4. The molecule has 1 saturated carbocycles. The lowest BCUT2D eigenvalue weighted by Crippen LogP contribution is -2.35. The van der Waals surface area contributed by atoms with Crippen molar-refractivity contribution in [2.45, 2.75) is 44.9 Å². The first-order chi connectivity index (χ1) is 13.5. The van der Waals surface area contributed by atoms with Gasteiger partial charge in [0.2, 0.25) is 0 Å². The average molecular weight is 407 g/mol. The number of ether oxygens (including phenoxy) is 1. The number of carbonyl (C=O) groups is 1. The molecule has 0 saturated heterocycles. The first kappa shape index (κ1) is 22.8. The molecule has 0 aromatic heterocycles. The molecule has 0 unspecified atom stereocenters. The number of carbonyl (C=O) groups excluding carboxylic acids is 1. The van der Waals surface area contributed by atoms with Crippen molar-refractivity contribution in [2.75, 3.05) is 33.7 Å². The molecule has 1 amide bonds. The van der Waals surface area contributed by atoms with Gasteiger partial charge in [0.15, 0.2) is 0 Å². The van der Waals surface area contributed by atoms with Crippen LogP contribution in [0.5, 0.6) is 5.75 Å². The van der Waals surface area contributed by atoms with Crippen molar-refractivity contribution in [2.24, 2.45) is 11.8 Å². The second-order valence-corrected chi connectivity index (χ2v) is 8.57. The highest BCUT2D eigenvalue weighted by Gasteiger charge is 2.24. The van der Waals surface area contributed by atoms with Crippen molar-refractivity contribution < 1.29 is 9.53 Å². The molecule has 5 heteroatoms. The zero-order chi connectivity index (χ0) is 20.4. The van der Waals surface area contributed by atoms with Gasteiger partial charge >= 0.3 is 6.09 Å². The Hall–Kier alpha value is -1.52. The third-order valence-corrected chi connectivity index (χ3v) is 5.92. The molecular formula is C23H35ClN2O2. The van der Waals surface area contributed by atoms with Crippen molar-refractivity contribution >= 4 is 17.7 Å². The largest absolute Gasteiger partial charge is 0.414 e. The summed E-state index contributed by atoms with van der Waals surface area (Å²) in [5.74, 6) is 1.97. The van der Waals surface area contributed by atoms with E-state index in [2.05, 4.69) is 18.5 Å². The number of hydrogen-bond donors (Lipinski definition) is 0. The van der Waals surface area contributed by atoms with Crippen LogP contribution in [0.2, 0.25) is 5.02 Å². The van der Waals surface area contributed by atoms with E-state index in [0.717, 1.165) is 25.6 Å². The number of rotatable bonds is 10. The monoisotopic (exact) mass is 406 g/mol. The Kier molecular flexibility index (Phi) is 9.86. The highest BCUT2D eigenvalue weighted by atomic mass is 35.5. The lowest BCUT2D eigenvalue weighted by Gasteiger charge is -2.31. The molecule has 1 aromatic rings. The molecule has 1 aromatic carbocycles. The number of benzene rings is 1. The van der Waals surface area contributed by atoms with E-state index in [9.17, 15) is 4.79 Å². The summed E-state index contributed by atoms with van der Waals surface area (Å²) in [4.78, 5) is 16.3. The van der Waals surface area contributed by atoms with Crippen LogP contribution in [0.25, 0.3) is 0 Å². The summed E-state index contributed by atoms with van der Waals surface area (Å²) >= 11 is 5.86. The van der Waals surface area contributed by atoms with Crippen molar-refractivity contribution in [1.29, 1.82) is 0 Å². The molecule has 156 valence electrons. The number of halogens is 1. The quantitative estimate of drug-likeness (QED) is 0.360. The van der Waals surface area contributed by atoms with E-state index < -0.39 is 0 Å². The molecule has 0 N–H and O–H groups in total. The van der Waals surface area contributed by atoms with Crippen molar-refractivity contribution in [3.8, 4) is 5.75 Å². The molecule has 1 fully saturated rings. The predicted molar refractivity (Wildman–Crippen MR) is 117 cm³/mol. The first-order valence-electron chi connectivity index (χ1n) is 10.5. The SMILES string of the molecule is C=CCN(C)CCCCC1CCC(CN(C)C(=O)Oc2ccc(Cl)cc2)CC1. The number of unbranched alkanes of at least 4 members (excludes halogenated alkanes) is 1. The van der Waals surface area contributed by atoms with E-state index >= 15 is 0 Å². The number of likely N-dealkylation sites (N-methyl/N-ethyl adjacent to an activating group) is 1. The standard InChI is InChI=1S/C23H35ClN2O2/c1-4-16-25(2)17-6-5-7-19-8-10-20(11-9-19)18-26(3)23(27)28-22-14-12-21(24)13-15-22/h4,12-15,19-20H,1,5-11,16-18H2,2-3H3. The number of nitrogens with zero attached hydrogens (tertiary/aromatic N) is 2. The maximum atomic E-state index is 12.3. The second kappa shape index (κ2) is 12.1. The fourth-order valence-electron chi connectivity index (χ4n) is 3.97. The van der Waals surface area contributed by atoms with Gasteiger partial charge in [-0.2, -0.15) is 0 Å². The van der Waals surface area contributed by atoms with Gasteiger partial charge in [-0.25, -0.2) is 4.79 Å². The fourth-order valence-corrected chi connectivity index (χ4v) is 4.10. The summed E-state index contributed by atoms with van der Waals surface area (Å²) < 4.78 is 5.41. The smallest absolute Gasteiger partial charge is 0.410 e. The van der Waals surface area contributed by atoms with E-state index in [1.165, 1.54) is 44.9 Å². The molecule has 0 atom stereocenters. The summed E-state index contributed by atoms with van der Waals surface area (Å²) in [6.45, 7) is 6.68. The number of amides is 1. The van der Waals surface area contributed by atoms with Crippen LogP contribution in [0.3, 0.4) is 0 Å². The molecule has 2 rings (SSSR count). The molecule has 4 nitrogen and oxygen atoms in total. The maximum absolute atomic E-state index is 12.3. The lowest BCUT2D eigenvalue weighted by atomic mass is 9.79. The van der Waals surface area contributed by atoms with Gasteiger partial charge in [0.05, 0.1) is 0 Å². The van der Waals surface area contributed by atoms with Gasteiger partial charge in [-0.05, 0) is 69.0 Å². The van der Waals surface area contributed by atoms with Crippen LogP contribution in [0.4, 0.5) is 4.79 Å². The Morgan fingerprint density at radius 2 is 1.79 bits per heavy atom. The Balaban J connectivity index is 1.61. The molecule has 0 radical (unpaired) electrons. The molecule has 0 bridgehead atoms. The van der Waals surface area contributed by atoms with E-state index in [1.807, 2.05) is 13.1 Å². The summed E-state index contributed by atoms with van der Waals surface area (Å²) in [5, 5.41) is 0.633. The van der Waals surface area contributed by atoms with Gasteiger partial charge in [0, 0.05) is 25.2 Å². The van der Waals surface area contributed by atoms with Gasteiger partial charge in [0.25, 0.3) is 0 Å². The second-order valence-electron chi connectivity index (χ2n) is 8.14. The van der Waals surface area contributed by atoms with E-state index in [1.54, 1.807) is 29.2 Å². The van der Waals surface area contributed by atoms with Crippen LogP contribution in [-0.4, -0.2) is 49.6 Å². The normalized spacial score (nSPS) is 19.4. The maximum Gasteiger partial charge on any atom is 0.414 e. The van der Waals surface area contributed by atoms with Gasteiger partial charge in [-0.3, -0.25) is 0 Å². The third kappa shape index (κ3) is 8.24. The van der Waals surface area contributed by atoms with Crippen molar-refractivity contribution in [3.63, 3.8) is 0 Å². The van der Waals surface area contributed by atoms with Crippen LogP contribution >= 0.6 is 11.6 Å². The Labute approximate surface area is 175 Å². The fraction of sp³-hybridized carbons (Fsp3) is 0.609. The summed E-state index contributed by atoms with van der Waals surface area (Å²) in [7, 11) is 3.98. The van der Waals surface area contributed by atoms with Crippen molar-refractivity contribution in [3.05, 3.63) is 41.9 Å².